The van der Waals surface area contributed by atoms with Gasteiger partial charge < -0.3 is 4.74 Å². The zero-order valence-corrected chi connectivity index (χ0v) is 15.6. The van der Waals surface area contributed by atoms with E-state index in [0.29, 0.717) is 23.8 Å². The Morgan fingerprint density at radius 1 is 1.12 bits per heavy atom. The van der Waals surface area contributed by atoms with Crippen LogP contribution in [0.5, 0.6) is 5.75 Å². The number of carbonyl (C=O) groups is 3. The van der Waals surface area contributed by atoms with E-state index in [2.05, 4.69) is 29.8 Å². The SMILES string of the molecule is CC(C)COc1ccc(C=C2C(=O)N(C)C(=O)N(C)C2=O)cc1Br. The maximum absolute atomic E-state index is 12.2. The highest BCUT2D eigenvalue weighted by molar-refractivity contribution is 9.10. The van der Waals surface area contributed by atoms with Crippen LogP contribution in [0.2, 0.25) is 0 Å². The smallest absolute Gasteiger partial charge is 0.333 e. The first-order chi connectivity index (χ1) is 11.2. The summed E-state index contributed by atoms with van der Waals surface area (Å²) in [6.07, 6.45) is 1.47. The topological polar surface area (TPSA) is 66.9 Å². The molecule has 1 aliphatic rings. The van der Waals surface area contributed by atoms with E-state index in [1.165, 1.54) is 20.2 Å². The zero-order chi connectivity index (χ0) is 18.0. The van der Waals surface area contributed by atoms with E-state index < -0.39 is 17.8 Å². The van der Waals surface area contributed by atoms with Gasteiger partial charge in [0.25, 0.3) is 11.8 Å². The van der Waals surface area contributed by atoms with E-state index in [9.17, 15) is 14.4 Å². The normalized spacial score (nSPS) is 15.4. The highest BCUT2D eigenvalue weighted by Gasteiger charge is 2.37. The largest absolute Gasteiger partial charge is 0.492 e. The van der Waals surface area contributed by atoms with Gasteiger partial charge in [-0.15, -0.1) is 0 Å². The number of hydrogen-bond acceptors (Lipinski definition) is 4. The van der Waals surface area contributed by atoms with Crippen molar-refractivity contribution in [1.82, 2.24) is 9.80 Å². The average Bonchev–Trinajstić information content (AvgIpc) is 2.54. The second kappa shape index (κ2) is 7.17. The Morgan fingerprint density at radius 2 is 1.71 bits per heavy atom. The molecule has 6 nitrogen and oxygen atoms in total. The van der Waals surface area contributed by atoms with Gasteiger partial charge in [-0.05, 0) is 45.6 Å². The lowest BCUT2D eigenvalue weighted by molar-refractivity contribution is -0.134. The number of halogens is 1. The number of nitrogens with zero attached hydrogens (tertiary/aromatic N) is 2. The van der Waals surface area contributed by atoms with Crippen molar-refractivity contribution < 1.29 is 19.1 Å². The molecule has 2 rings (SSSR count). The van der Waals surface area contributed by atoms with Gasteiger partial charge in [0.1, 0.15) is 11.3 Å². The van der Waals surface area contributed by atoms with Crippen LogP contribution in [0, 0.1) is 5.92 Å². The van der Waals surface area contributed by atoms with Gasteiger partial charge in [0, 0.05) is 14.1 Å². The molecule has 0 aliphatic carbocycles. The minimum absolute atomic E-state index is 0.0534. The van der Waals surface area contributed by atoms with Crippen molar-refractivity contribution in [3.05, 3.63) is 33.8 Å². The maximum atomic E-state index is 12.2. The molecule has 24 heavy (non-hydrogen) atoms. The predicted octanol–water partition coefficient (Wildman–Crippen LogP) is 2.92. The average molecular weight is 395 g/mol. The molecule has 1 heterocycles. The van der Waals surface area contributed by atoms with Crippen LogP contribution in [0.4, 0.5) is 4.79 Å². The van der Waals surface area contributed by atoms with Crippen molar-refractivity contribution in [3.8, 4) is 5.75 Å². The molecule has 1 saturated heterocycles. The molecule has 1 aliphatic heterocycles. The molecule has 7 heteroatoms. The van der Waals surface area contributed by atoms with Gasteiger partial charge in [-0.1, -0.05) is 19.9 Å². The fourth-order valence-corrected chi connectivity index (χ4v) is 2.63. The fraction of sp³-hybridized carbons (Fsp3) is 0.353. The third-order valence-corrected chi connectivity index (χ3v) is 4.10. The number of ether oxygens (including phenoxy) is 1. The number of carbonyl (C=O) groups excluding carboxylic acids is 3. The molecule has 0 N–H and O–H groups in total. The minimum atomic E-state index is -0.638. The van der Waals surface area contributed by atoms with Gasteiger partial charge in [-0.2, -0.15) is 0 Å². The number of imide groups is 2. The van der Waals surface area contributed by atoms with E-state index in [1.54, 1.807) is 18.2 Å². The van der Waals surface area contributed by atoms with Gasteiger partial charge in [0.05, 0.1) is 11.1 Å². The molecule has 0 bridgehead atoms. The number of likely N-dealkylation sites (N-methyl/N-ethyl adjacent to an activating group) is 2. The van der Waals surface area contributed by atoms with Gasteiger partial charge in [0.2, 0.25) is 0 Å². The summed E-state index contributed by atoms with van der Waals surface area (Å²) in [4.78, 5) is 37.9. The summed E-state index contributed by atoms with van der Waals surface area (Å²) in [5, 5.41) is 0. The summed E-state index contributed by atoms with van der Waals surface area (Å²) in [7, 11) is 2.69. The van der Waals surface area contributed by atoms with Crippen molar-refractivity contribution in [3.63, 3.8) is 0 Å². The minimum Gasteiger partial charge on any atom is -0.492 e. The lowest BCUT2D eigenvalue weighted by Gasteiger charge is -2.28. The van der Waals surface area contributed by atoms with E-state index in [-0.39, 0.29) is 5.57 Å². The van der Waals surface area contributed by atoms with E-state index in [4.69, 9.17) is 4.74 Å². The molecule has 0 saturated carbocycles. The Balaban J connectivity index is 2.30. The van der Waals surface area contributed by atoms with Crippen LogP contribution in [0.3, 0.4) is 0 Å². The van der Waals surface area contributed by atoms with Crippen LogP contribution >= 0.6 is 15.9 Å². The Hall–Kier alpha value is -2.15. The predicted molar refractivity (Wildman–Crippen MR) is 93.4 cm³/mol. The van der Waals surface area contributed by atoms with Crippen LogP contribution in [0.15, 0.2) is 28.2 Å². The standard InChI is InChI=1S/C17H19BrN2O4/c1-10(2)9-24-14-6-5-11(8-13(14)18)7-12-15(21)19(3)17(23)20(4)16(12)22/h5-8,10H,9H2,1-4H3. The number of barbiturate groups is 1. The van der Waals surface area contributed by atoms with Crippen molar-refractivity contribution in [2.24, 2.45) is 5.92 Å². The molecule has 1 aromatic carbocycles. The fourth-order valence-electron chi connectivity index (χ4n) is 2.12. The van der Waals surface area contributed by atoms with Gasteiger partial charge >= 0.3 is 6.03 Å². The van der Waals surface area contributed by atoms with Crippen LogP contribution < -0.4 is 4.74 Å². The van der Waals surface area contributed by atoms with Crippen molar-refractivity contribution >= 4 is 39.9 Å². The number of rotatable bonds is 4. The molecular weight excluding hydrogens is 376 g/mol. The van der Waals surface area contributed by atoms with Crippen molar-refractivity contribution in [2.45, 2.75) is 13.8 Å². The highest BCUT2D eigenvalue weighted by Crippen LogP contribution is 2.28. The number of urea groups is 1. The summed E-state index contributed by atoms with van der Waals surface area (Å²) >= 11 is 3.43. The Labute approximate surface area is 149 Å². The van der Waals surface area contributed by atoms with Crippen molar-refractivity contribution in [1.29, 1.82) is 0 Å². The summed E-state index contributed by atoms with van der Waals surface area (Å²) in [5.74, 6) is -0.130. The first kappa shape index (κ1) is 18.2. The Morgan fingerprint density at radius 3 is 2.21 bits per heavy atom. The monoisotopic (exact) mass is 394 g/mol. The van der Waals surface area contributed by atoms with E-state index in [0.717, 1.165) is 14.3 Å². The van der Waals surface area contributed by atoms with Gasteiger partial charge in [-0.25, -0.2) is 4.79 Å². The molecular formula is C17H19BrN2O4. The molecule has 0 aromatic heterocycles. The first-order valence-electron chi connectivity index (χ1n) is 7.46. The van der Waals surface area contributed by atoms with E-state index in [1.807, 2.05) is 0 Å². The lowest BCUT2D eigenvalue weighted by Crippen LogP contribution is -2.52. The van der Waals surface area contributed by atoms with Crippen LogP contribution in [-0.2, 0) is 9.59 Å². The zero-order valence-electron chi connectivity index (χ0n) is 14.0. The summed E-state index contributed by atoms with van der Waals surface area (Å²) in [6.45, 7) is 4.70. The number of hydrogen-bond donors (Lipinski definition) is 0. The molecule has 4 amide bonds. The third kappa shape index (κ3) is 3.67. The van der Waals surface area contributed by atoms with Crippen LogP contribution in [0.1, 0.15) is 19.4 Å². The Bertz CT molecular complexity index is 701. The quantitative estimate of drug-likeness (QED) is 0.581. The summed E-state index contributed by atoms with van der Waals surface area (Å²) in [5.41, 5.74) is 0.606. The molecule has 1 aromatic rings. The number of benzene rings is 1. The Kier molecular flexibility index (Phi) is 5.43. The van der Waals surface area contributed by atoms with Gasteiger partial charge in [0.15, 0.2) is 0 Å². The van der Waals surface area contributed by atoms with Crippen LogP contribution in [-0.4, -0.2) is 48.3 Å². The van der Waals surface area contributed by atoms with Crippen LogP contribution in [0.25, 0.3) is 6.08 Å². The molecule has 0 atom stereocenters. The lowest BCUT2D eigenvalue weighted by atomic mass is 10.1. The van der Waals surface area contributed by atoms with Gasteiger partial charge in [-0.3, -0.25) is 19.4 Å². The highest BCUT2D eigenvalue weighted by atomic mass is 79.9. The molecule has 0 radical (unpaired) electrons. The second-order valence-electron chi connectivity index (χ2n) is 5.96. The molecule has 1 fully saturated rings. The van der Waals surface area contributed by atoms with Crippen molar-refractivity contribution in [2.75, 3.05) is 20.7 Å². The maximum Gasteiger partial charge on any atom is 0.333 e. The molecule has 0 spiro atoms. The molecule has 0 unspecified atom stereocenters. The first-order valence-corrected chi connectivity index (χ1v) is 8.25. The van der Waals surface area contributed by atoms with E-state index >= 15 is 0 Å². The molecule has 128 valence electrons. The summed E-state index contributed by atoms with van der Waals surface area (Å²) in [6, 6.07) is 4.65. The number of amides is 4. The second-order valence-corrected chi connectivity index (χ2v) is 6.82. The summed E-state index contributed by atoms with van der Waals surface area (Å²) < 4.78 is 6.40. The third-order valence-electron chi connectivity index (χ3n) is 3.48.